The summed E-state index contributed by atoms with van der Waals surface area (Å²) in [6, 6.07) is 2.42. The van der Waals surface area contributed by atoms with E-state index in [4.69, 9.17) is 0 Å². The number of carbonyl (C=O) groups excluding carboxylic acids is 2. The first-order chi connectivity index (χ1) is 10.9. The molecule has 1 aromatic rings. The van der Waals surface area contributed by atoms with Gasteiger partial charge in [-0.2, -0.15) is 0 Å². The molecule has 0 radical (unpaired) electrons. The molecule has 0 saturated heterocycles. The van der Waals surface area contributed by atoms with Crippen LogP contribution >= 0.6 is 0 Å². The van der Waals surface area contributed by atoms with E-state index in [9.17, 15) is 23.5 Å². The molecule has 128 valence electrons. The fourth-order valence-corrected chi connectivity index (χ4v) is 2.23. The Kier molecular flexibility index (Phi) is 7.61. The van der Waals surface area contributed by atoms with Crippen LogP contribution in [0.2, 0.25) is 0 Å². The Morgan fingerprint density at radius 2 is 1.65 bits per heavy atom. The van der Waals surface area contributed by atoms with Crippen LogP contribution in [-0.2, 0) is 4.79 Å². The van der Waals surface area contributed by atoms with E-state index in [2.05, 4.69) is 10.6 Å². The maximum absolute atomic E-state index is 13.0. The number of benzene rings is 1. The van der Waals surface area contributed by atoms with Crippen LogP contribution in [0.15, 0.2) is 18.2 Å². The summed E-state index contributed by atoms with van der Waals surface area (Å²) >= 11 is 0. The number of nitrogens with one attached hydrogen (secondary N) is 2. The maximum atomic E-state index is 13.0. The zero-order valence-corrected chi connectivity index (χ0v) is 13.2. The van der Waals surface area contributed by atoms with E-state index in [0.717, 1.165) is 25.0 Å². The smallest absolute Gasteiger partial charge is 0.251 e. The molecule has 2 amide bonds. The monoisotopic (exact) mass is 328 g/mol. The summed E-state index contributed by atoms with van der Waals surface area (Å²) in [5.74, 6) is -2.87. The van der Waals surface area contributed by atoms with Crippen LogP contribution < -0.4 is 10.6 Å². The standard InChI is InChI=1S/C16H22F2N2O3/c1-3-10(4-2)14(21)8-19-15(22)9-20-16(23)11-5-12(17)7-13(18)6-11/h5-7,10,14,21H,3-4,8-9H2,1-2H3,(H,19,22)(H,20,23)/t14-/m1/s1. The first-order valence-electron chi connectivity index (χ1n) is 7.56. The molecule has 23 heavy (non-hydrogen) atoms. The van der Waals surface area contributed by atoms with Crippen molar-refractivity contribution >= 4 is 11.8 Å². The SMILES string of the molecule is CCC(CC)[C@H](O)CNC(=O)CNC(=O)c1cc(F)cc(F)c1. The number of hydrogen-bond acceptors (Lipinski definition) is 3. The molecule has 0 bridgehead atoms. The highest BCUT2D eigenvalue weighted by Gasteiger charge is 2.16. The van der Waals surface area contributed by atoms with Gasteiger partial charge in [0.2, 0.25) is 5.91 Å². The minimum Gasteiger partial charge on any atom is -0.391 e. The second-order valence-corrected chi connectivity index (χ2v) is 5.29. The topological polar surface area (TPSA) is 78.4 Å². The third-order valence-corrected chi connectivity index (χ3v) is 3.64. The molecule has 7 heteroatoms. The number of amides is 2. The van der Waals surface area contributed by atoms with Crippen molar-refractivity contribution in [3.05, 3.63) is 35.4 Å². The van der Waals surface area contributed by atoms with Gasteiger partial charge in [-0.15, -0.1) is 0 Å². The Hall–Kier alpha value is -2.02. The van der Waals surface area contributed by atoms with Crippen molar-refractivity contribution < 1.29 is 23.5 Å². The van der Waals surface area contributed by atoms with Crippen LogP contribution in [0.5, 0.6) is 0 Å². The van der Waals surface area contributed by atoms with E-state index in [1.165, 1.54) is 0 Å². The van der Waals surface area contributed by atoms with Crippen molar-refractivity contribution in [1.29, 1.82) is 0 Å². The molecular formula is C16H22F2N2O3. The van der Waals surface area contributed by atoms with Crippen molar-refractivity contribution in [2.24, 2.45) is 5.92 Å². The Labute approximate surface area is 134 Å². The molecule has 0 aromatic heterocycles. The summed E-state index contributed by atoms with van der Waals surface area (Å²) in [6.45, 7) is 3.66. The molecule has 0 fully saturated rings. The van der Waals surface area contributed by atoms with Crippen LogP contribution in [0.3, 0.4) is 0 Å². The van der Waals surface area contributed by atoms with Crippen molar-refractivity contribution in [1.82, 2.24) is 10.6 Å². The minimum absolute atomic E-state index is 0.0929. The molecule has 0 aliphatic heterocycles. The summed E-state index contributed by atoms with van der Waals surface area (Å²) in [6.07, 6.45) is 0.951. The lowest BCUT2D eigenvalue weighted by Gasteiger charge is -2.20. The maximum Gasteiger partial charge on any atom is 0.251 e. The van der Waals surface area contributed by atoms with E-state index >= 15 is 0 Å². The third kappa shape index (κ3) is 6.32. The van der Waals surface area contributed by atoms with Gasteiger partial charge in [0.15, 0.2) is 0 Å². The third-order valence-electron chi connectivity index (χ3n) is 3.64. The first kappa shape index (κ1) is 19.0. The molecular weight excluding hydrogens is 306 g/mol. The number of rotatable bonds is 8. The second-order valence-electron chi connectivity index (χ2n) is 5.29. The van der Waals surface area contributed by atoms with E-state index in [0.29, 0.717) is 6.07 Å². The summed E-state index contributed by atoms with van der Waals surface area (Å²) in [5.41, 5.74) is -0.202. The lowest BCUT2D eigenvalue weighted by molar-refractivity contribution is -0.120. The van der Waals surface area contributed by atoms with Gasteiger partial charge in [-0.1, -0.05) is 26.7 Å². The predicted octanol–water partition coefficient (Wildman–Crippen LogP) is 1.61. The van der Waals surface area contributed by atoms with E-state index in [1.54, 1.807) is 0 Å². The van der Waals surface area contributed by atoms with Crippen molar-refractivity contribution in [2.75, 3.05) is 13.1 Å². The van der Waals surface area contributed by atoms with Crippen molar-refractivity contribution in [3.63, 3.8) is 0 Å². The summed E-state index contributed by atoms with van der Waals surface area (Å²) in [7, 11) is 0. The average Bonchev–Trinajstić information content (AvgIpc) is 2.50. The highest BCUT2D eigenvalue weighted by molar-refractivity contribution is 5.96. The normalized spacial score (nSPS) is 12.1. The number of aliphatic hydroxyl groups excluding tert-OH is 1. The van der Waals surface area contributed by atoms with Gasteiger partial charge in [-0.05, 0) is 18.1 Å². The highest BCUT2D eigenvalue weighted by Crippen LogP contribution is 2.12. The highest BCUT2D eigenvalue weighted by atomic mass is 19.1. The van der Waals surface area contributed by atoms with Gasteiger partial charge in [0.25, 0.3) is 5.91 Å². The van der Waals surface area contributed by atoms with Gasteiger partial charge in [0.1, 0.15) is 11.6 Å². The van der Waals surface area contributed by atoms with Crippen LogP contribution in [0.25, 0.3) is 0 Å². The molecule has 3 N–H and O–H groups in total. The zero-order valence-electron chi connectivity index (χ0n) is 13.2. The Bertz CT molecular complexity index is 528. The van der Waals surface area contributed by atoms with Gasteiger partial charge in [-0.25, -0.2) is 8.78 Å². The molecule has 0 aliphatic carbocycles. The number of halogens is 2. The van der Waals surface area contributed by atoms with Crippen molar-refractivity contribution in [3.8, 4) is 0 Å². The Morgan fingerprint density at radius 1 is 1.09 bits per heavy atom. The van der Waals surface area contributed by atoms with Crippen molar-refractivity contribution in [2.45, 2.75) is 32.8 Å². The second kappa shape index (κ2) is 9.19. The molecule has 0 saturated carbocycles. The van der Waals surface area contributed by atoms with Crippen LogP contribution in [0.4, 0.5) is 8.78 Å². The van der Waals surface area contributed by atoms with Crippen LogP contribution in [0, 0.1) is 17.6 Å². The molecule has 1 aromatic carbocycles. The molecule has 0 spiro atoms. The summed E-state index contributed by atoms with van der Waals surface area (Å²) < 4.78 is 26.0. The van der Waals surface area contributed by atoms with Gasteiger partial charge >= 0.3 is 0 Å². The van der Waals surface area contributed by atoms with Gasteiger partial charge in [0.05, 0.1) is 12.6 Å². The average molecular weight is 328 g/mol. The lowest BCUT2D eigenvalue weighted by atomic mass is 9.96. The quantitative estimate of drug-likeness (QED) is 0.678. The zero-order chi connectivity index (χ0) is 17.4. The van der Waals surface area contributed by atoms with Gasteiger partial charge in [-0.3, -0.25) is 9.59 Å². The molecule has 0 heterocycles. The van der Waals surface area contributed by atoms with E-state index < -0.39 is 29.6 Å². The minimum atomic E-state index is -0.868. The van der Waals surface area contributed by atoms with Gasteiger partial charge < -0.3 is 15.7 Å². The number of hydrogen-bond donors (Lipinski definition) is 3. The molecule has 0 aliphatic rings. The lowest BCUT2D eigenvalue weighted by Crippen LogP contribution is -2.41. The fraction of sp³-hybridized carbons (Fsp3) is 0.500. The summed E-state index contributed by atoms with van der Waals surface area (Å²) in [4.78, 5) is 23.4. The van der Waals surface area contributed by atoms with Crippen LogP contribution in [0.1, 0.15) is 37.0 Å². The molecule has 1 rings (SSSR count). The number of aliphatic hydroxyl groups is 1. The predicted molar refractivity (Wildman–Crippen MR) is 81.8 cm³/mol. The molecule has 5 nitrogen and oxygen atoms in total. The first-order valence-corrected chi connectivity index (χ1v) is 7.56. The Morgan fingerprint density at radius 3 is 2.17 bits per heavy atom. The Balaban J connectivity index is 2.42. The fourth-order valence-electron chi connectivity index (χ4n) is 2.23. The molecule has 1 atom stereocenters. The molecule has 0 unspecified atom stereocenters. The van der Waals surface area contributed by atoms with Gasteiger partial charge in [0, 0.05) is 18.2 Å². The number of carbonyl (C=O) groups is 2. The van der Waals surface area contributed by atoms with Crippen LogP contribution in [-0.4, -0.2) is 36.1 Å². The van der Waals surface area contributed by atoms with E-state index in [-0.39, 0.29) is 24.6 Å². The summed E-state index contributed by atoms with van der Waals surface area (Å²) in [5, 5.41) is 14.7. The van der Waals surface area contributed by atoms with E-state index in [1.807, 2.05) is 13.8 Å². The largest absolute Gasteiger partial charge is 0.391 e.